The van der Waals surface area contributed by atoms with Crippen LogP contribution in [0.3, 0.4) is 0 Å². The van der Waals surface area contributed by atoms with Crippen molar-refractivity contribution in [3.05, 3.63) is 76.0 Å². The van der Waals surface area contributed by atoms with Crippen LogP contribution in [0, 0.1) is 5.41 Å². The maximum Gasteiger partial charge on any atom is 0.238 e. The van der Waals surface area contributed by atoms with Gasteiger partial charge in [-0.05, 0) is 63.1 Å². The van der Waals surface area contributed by atoms with Crippen LogP contribution in [-0.4, -0.2) is 25.5 Å². The molecule has 5 N–H and O–H groups in total. The molecule has 0 atom stereocenters. The van der Waals surface area contributed by atoms with Crippen LogP contribution in [0.15, 0.2) is 75.0 Å². The van der Waals surface area contributed by atoms with Gasteiger partial charge in [-0.1, -0.05) is 49.3 Å². The molecule has 3 aromatic rings. The van der Waals surface area contributed by atoms with Crippen LogP contribution >= 0.6 is 0 Å². The van der Waals surface area contributed by atoms with Crippen LogP contribution < -0.4 is 5.43 Å². The van der Waals surface area contributed by atoms with Gasteiger partial charge in [0.05, 0.1) is 0 Å². The van der Waals surface area contributed by atoms with E-state index in [1.54, 1.807) is 0 Å². The number of allylic oxidation sites excluding steroid dienone is 6. The van der Waals surface area contributed by atoms with Gasteiger partial charge in [0.25, 0.3) is 0 Å². The number of rotatable bonds is 1. The lowest BCUT2D eigenvalue weighted by Crippen LogP contribution is -2.05. The summed E-state index contributed by atoms with van der Waals surface area (Å²) in [6, 6.07) is 5.64. The molecule has 196 valence electrons. The Balaban J connectivity index is 0.000000222. The first-order chi connectivity index (χ1) is 17.4. The van der Waals surface area contributed by atoms with Gasteiger partial charge in [-0.25, -0.2) is 0 Å². The highest BCUT2D eigenvalue weighted by Gasteiger charge is 2.19. The fourth-order valence-electron chi connectivity index (χ4n) is 3.94. The lowest BCUT2D eigenvalue weighted by Gasteiger charge is -2.18. The summed E-state index contributed by atoms with van der Waals surface area (Å²) in [6.45, 7) is 9.10. The summed E-state index contributed by atoms with van der Waals surface area (Å²) >= 11 is 0. The molecule has 0 spiro atoms. The lowest BCUT2D eigenvalue weighted by molar-refractivity contribution is 0.403. The van der Waals surface area contributed by atoms with E-state index < -0.39 is 22.7 Å². The van der Waals surface area contributed by atoms with Gasteiger partial charge in [0.1, 0.15) is 22.5 Å². The molecule has 0 saturated heterocycles. The van der Waals surface area contributed by atoms with Gasteiger partial charge in [-0.2, -0.15) is 0 Å². The quantitative estimate of drug-likeness (QED) is 0.177. The molecule has 0 unspecified atom stereocenters. The Kier molecular flexibility index (Phi) is 8.38. The summed E-state index contributed by atoms with van der Waals surface area (Å²) in [7, 11) is 0. The Morgan fingerprint density at radius 1 is 0.865 bits per heavy atom. The summed E-state index contributed by atoms with van der Waals surface area (Å²) in [4.78, 5) is 12.1. The first-order valence-electron chi connectivity index (χ1n) is 12.1. The maximum absolute atomic E-state index is 12.1. The second-order valence-corrected chi connectivity index (χ2v) is 10.1. The zero-order chi connectivity index (χ0) is 27.3. The fraction of sp³-hybridized carbons (Fsp3) is 0.300. The van der Waals surface area contributed by atoms with E-state index in [1.807, 2.05) is 0 Å². The van der Waals surface area contributed by atoms with Gasteiger partial charge in [0.15, 0.2) is 17.3 Å². The Bertz CT molecular complexity index is 1440. The van der Waals surface area contributed by atoms with E-state index in [1.165, 1.54) is 30.1 Å². The Morgan fingerprint density at radius 2 is 1.59 bits per heavy atom. The number of benzene rings is 2. The summed E-state index contributed by atoms with van der Waals surface area (Å²) < 4.78 is 5.35. The van der Waals surface area contributed by atoms with Crippen LogP contribution in [0.4, 0.5) is 0 Å². The van der Waals surface area contributed by atoms with Crippen molar-refractivity contribution in [1.29, 1.82) is 0 Å². The van der Waals surface area contributed by atoms with Crippen molar-refractivity contribution in [2.24, 2.45) is 5.41 Å². The van der Waals surface area contributed by atoms with Gasteiger partial charge < -0.3 is 29.9 Å². The summed E-state index contributed by atoms with van der Waals surface area (Å²) in [5.74, 6) is -2.71. The van der Waals surface area contributed by atoms with Crippen LogP contribution in [0.25, 0.3) is 22.3 Å². The van der Waals surface area contributed by atoms with Gasteiger partial charge >= 0.3 is 0 Å². The van der Waals surface area contributed by atoms with Crippen LogP contribution in [0.1, 0.15) is 53.4 Å². The standard InChI is InChI=1S/C15H10O7.C15H24/c16-7-4-10(19)12-11(5-7)22-15(14(21)13(12)20)6-1-2-8(17)9(18)3-6;1-13-7-5-8-14(2)10-12-15(3,4)11-6-9-13/h1-5,16-19,21H;6-7,10-11H,5,8-9,12H2,1-4H3. The summed E-state index contributed by atoms with van der Waals surface area (Å²) in [6.07, 6.45) is 14.1. The third-order valence-corrected chi connectivity index (χ3v) is 6.19. The zero-order valence-electron chi connectivity index (χ0n) is 21.6. The minimum Gasteiger partial charge on any atom is -0.508 e. The highest BCUT2D eigenvalue weighted by atomic mass is 16.4. The molecule has 2 aromatic carbocycles. The van der Waals surface area contributed by atoms with E-state index in [-0.39, 0.29) is 33.8 Å². The topological polar surface area (TPSA) is 131 Å². The van der Waals surface area contributed by atoms with Gasteiger partial charge in [0.2, 0.25) is 11.2 Å². The van der Waals surface area contributed by atoms with E-state index in [0.29, 0.717) is 5.41 Å². The van der Waals surface area contributed by atoms with E-state index in [9.17, 15) is 30.3 Å². The molecule has 0 fully saturated rings. The highest BCUT2D eigenvalue weighted by Crippen LogP contribution is 2.37. The third kappa shape index (κ3) is 6.97. The molecule has 0 amide bonds. The minimum absolute atomic E-state index is 0.134. The van der Waals surface area contributed by atoms with Gasteiger partial charge in [0, 0.05) is 17.7 Å². The Hall–Kier alpha value is -4.13. The van der Waals surface area contributed by atoms with Crippen molar-refractivity contribution in [1.82, 2.24) is 0 Å². The smallest absolute Gasteiger partial charge is 0.238 e. The number of phenolic OH excluding ortho intramolecular Hbond substituents is 4. The van der Waals surface area contributed by atoms with E-state index >= 15 is 0 Å². The molecule has 1 heterocycles. The van der Waals surface area contributed by atoms with Crippen molar-refractivity contribution in [3.8, 4) is 40.1 Å². The normalized spacial score (nSPS) is 15.7. The van der Waals surface area contributed by atoms with Crippen LogP contribution in [0.5, 0.6) is 28.7 Å². The SMILES string of the molecule is CC1=CCCC(C)=CCC(C)(C)C=CC1.O=c1c(O)c(-c2ccc(O)c(O)c2)oc2cc(O)cc(O)c12. The Labute approximate surface area is 216 Å². The lowest BCUT2D eigenvalue weighted by atomic mass is 9.87. The number of fused-ring (bicyclic) bond motifs is 1. The molecular weight excluding hydrogens is 472 g/mol. The second kappa shape index (κ2) is 11.3. The molecule has 7 heteroatoms. The largest absolute Gasteiger partial charge is 0.508 e. The number of hydrogen-bond donors (Lipinski definition) is 5. The Morgan fingerprint density at radius 3 is 2.30 bits per heavy atom. The third-order valence-electron chi connectivity index (χ3n) is 6.19. The molecule has 7 nitrogen and oxygen atoms in total. The van der Waals surface area contributed by atoms with E-state index in [4.69, 9.17) is 4.42 Å². The zero-order valence-corrected chi connectivity index (χ0v) is 21.6. The molecular formula is C30H34O7. The number of aromatic hydroxyl groups is 5. The fourth-order valence-corrected chi connectivity index (χ4v) is 3.94. The van der Waals surface area contributed by atoms with Crippen molar-refractivity contribution in [2.45, 2.75) is 53.4 Å². The molecule has 4 rings (SSSR count). The number of hydrogen-bond acceptors (Lipinski definition) is 7. The van der Waals surface area contributed by atoms with Crippen molar-refractivity contribution < 1.29 is 29.9 Å². The highest BCUT2D eigenvalue weighted by molar-refractivity contribution is 5.88. The van der Waals surface area contributed by atoms with Crippen LogP contribution in [-0.2, 0) is 0 Å². The first-order valence-corrected chi connectivity index (χ1v) is 12.1. The predicted octanol–water partition coefficient (Wildman–Crippen LogP) is 7.02. The summed E-state index contributed by atoms with van der Waals surface area (Å²) in [5.41, 5.74) is 2.45. The van der Waals surface area contributed by atoms with Crippen molar-refractivity contribution >= 4 is 11.0 Å². The number of phenols is 4. The second-order valence-electron chi connectivity index (χ2n) is 10.1. The minimum atomic E-state index is -0.888. The average Bonchev–Trinajstić information content (AvgIpc) is 2.84. The van der Waals surface area contributed by atoms with Gasteiger partial charge in [-0.15, -0.1) is 0 Å². The molecule has 0 aliphatic heterocycles. The van der Waals surface area contributed by atoms with Crippen LogP contribution in [0.2, 0.25) is 0 Å². The van der Waals surface area contributed by atoms with Gasteiger partial charge in [-0.3, -0.25) is 4.79 Å². The van der Waals surface area contributed by atoms with E-state index in [0.717, 1.165) is 37.1 Å². The molecule has 1 aliphatic rings. The molecule has 1 aliphatic carbocycles. The van der Waals surface area contributed by atoms with E-state index in [2.05, 4.69) is 52.0 Å². The predicted molar refractivity (Wildman–Crippen MR) is 145 cm³/mol. The molecule has 0 bridgehead atoms. The molecule has 1 aromatic heterocycles. The monoisotopic (exact) mass is 506 g/mol. The first kappa shape index (κ1) is 27.5. The molecule has 0 radical (unpaired) electrons. The summed E-state index contributed by atoms with van der Waals surface area (Å²) in [5, 5.41) is 47.6. The molecule has 0 saturated carbocycles. The average molecular weight is 507 g/mol. The van der Waals surface area contributed by atoms with Crippen molar-refractivity contribution in [2.75, 3.05) is 0 Å². The van der Waals surface area contributed by atoms with Crippen molar-refractivity contribution in [3.63, 3.8) is 0 Å². The maximum atomic E-state index is 12.1. The molecule has 37 heavy (non-hydrogen) atoms.